The number of para-hydroxylation sites is 1. The molecule has 0 aliphatic heterocycles. The highest BCUT2D eigenvalue weighted by Crippen LogP contribution is 2.23. The Morgan fingerprint density at radius 1 is 1.35 bits per heavy atom. The van der Waals surface area contributed by atoms with Crippen LogP contribution in [-0.2, 0) is 19.7 Å². The van der Waals surface area contributed by atoms with Gasteiger partial charge < -0.3 is 14.6 Å². The lowest BCUT2D eigenvalue weighted by Crippen LogP contribution is -2.16. The van der Waals surface area contributed by atoms with Gasteiger partial charge in [0.15, 0.2) is 0 Å². The molecule has 1 heterocycles. The lowest BCUT2D eigenvalue weighted by Gasteiger charge is -2.12. The van der Waals surface area contributed by atoms with Gasteiger partial charge >= 0.3 is 0 Å². The molecule has 1 aromatic heterocycles. The monoisotopic (exact) mass is 271 g/mol. The fourth-order valence-electron chi connectivity index (χ4n) is 2.24. The summed E-state index contributed by atoms with van der Waals surface area (Å²) >= 11 is 0. The molecule has 0 unspecified atom stereocenters. The van der Waals surface area contributed by atoms with E-state index >= 15 is 0 Å². The van der Waals surface area contributed by atoms with E-state index < -0.39 is 0 Å². The van der Waals surface area contributed by atoms with Crippen molar-refractivity contribution in [2.45, 2.75) is 45.5 Å². The summed E-state index contributed by atoms with van der Waals surface area (Å²) in [6.45, 7) is 4.42. The average Bonchev–Trinajstić information content (AvgIpc) is 3.20. The van der Waals surface area contributed by atoms with Crippen LogP contribution in [0, 0.1) is 0 Å². The van der Waals surface area contributed by atoms with Gasteiger partial charge in [-0.25, -0.2) is 4.98 Å². The molecular formula is C16H21N3O. The molecular weight excluding hydrogens is 250 g/mol. The van der Waals surface area contributed by atoms with Crippen molar-refractivity contribution in [2.75, 3.05) is 0 Å². The molecule has 0 bridgehead atoms. The first-order chi connectivity index (χ1) is 9.86. The third-order valence-corrected chi connectivity index (χ3v) is 3.63. The lowest BCUT2D eigenvalue weighted by atomic mass is 10.2. The van der Waals surface area contributed by atoms with E-state index in [1.165, 1.54) is 18.4 Å². The fraction of sp³-hybridized carbons (Fsp3) is 0.438. The van der Waals surface area contributed by atoms with Gasteiger partial charge in [-0.1, -0.05) is 18.2 Å². The third-order valence-electron chi connectivity index (χ3n) is 3.63. The van der Waals surface area contributed by atoms with Crippen LogP contribution >= 0.6 is 0 Å². The van der Waals surface area contributed by atoms with Crippen molar-refractivity contribution >= 4 is 0 Å². The standard InChI is InChI=1S/C16H21N3O/c1-2-19-10-9-17-16(19)12-20-15-6-4-3-5-13(15)11-18-14-7-8-14/h3-6,9-10,14,18H,2,7-8,11-12H2,1H3. The summed E-state index contributed by atoms with van der Waals surface area (Å²) in [5, 5.41) is 3.53. The van der Waals surface area contributed by atoms with Gasteiger partial charge in [0, 0.05) is 37.1 Å². The van der Waals surface area contributed by atoms with Crippen LogP contribution < -0.4 is 10.1 Å². The maximum atomic E-state index is 5.95. The zero-order chi connectivity index (χ0) is 13.8. The first-order valence-electron chi connectivity index (χ1n) is 7.31. The van der Waals surface area contributed by atoms with E-state index in [0.717, 1.165) is 24.7 Å². The van der Waals surface area contributed by atoms with Gasteiger partial charge in [-0.2, -0.15) is 0 Å². The number of benzene rings is 1. The van der Waals surface area contributed by atoms with Crippen molar-refractivity contribution in [3.63, 3.8) is 0 Å². The molecule has 4 heteroatoms. The summed E-state index contributed by atoms with van der Waals surface area (Å²) in [7, 11) is 0. The number of hydrogen-bond donors (Lipinski definition) is 1. The number of imidazole rings is 1. The predicted octanol–water partition coefficient (Wildman–Crippen LogP) is 2.73. The molecule has 1 N–H and O–H groups in total. The Labute approximate surface area is 119 Å². The zero-order valence-corrected chi connectivity index (χ0v) is 11.9. The minimum absolute atomic E-state index is 0.515. The molecule has 1 fully saturated rings. The van der Waals surface area contributed by atoms with Crippen molar-refractivity contribution in [3.8, 4) is 5.75 Å². The van der Waals surface area contributed by atoms with Crippen molar-refractivity contribution in [2.24, 2.45) is 0 Å². The van der Waals surface area contributed by atoms with Gasteiger partial charge in [-0.15, -0.1) is 0 Å². The van der Waals surface area contributed by atoms with Crippen LogP contribution in [0.2, 0.25) is 0 Å². The molecule has 1 saturated carbocycles. The van der Waals surface area contributed by atoms with Gasteiger partial charge in [0.05, 0.1) is 0 Å². The Morgan fingerprint density at radius 3 is 3.00 bits per heavy atom. The Kier molecular flexibility index (Phi) is 4.02. The largest absolute Gasteiger partial charge is 0.485 e. The van der Waals surface area contributed by atoms with E-state index in [-0.39, 0.29) is 0 Å². The highest BCUT2D eigenvalue weighted by atomic mass is 16.5. The lowest BCUT2D eigenvalue weighted by molar-refractivity contribution is 0.286. The molecule has 0 saturated heterocycles. The van der Waals surface area contributed by atoms with Gasteiger partial charge in [0.1, 0.15) is 18.2 Å². The average molecular weight is 271 g/mol. The maximum Gasteiger partial charge on any atom is 0.146 e. The van der Waals surface area contributed by atoms with Gasteiger partial charge in [-0.05, 0) is 25.8 Å². The molecule has 106 valence electrons. The predicted molar refractivity (Wildman–Crippen MR) is 78.5 cm³/mol. The van der Waals surface area contributed by atoms with Crippen molar-refractivity contribution in [3.05, 3.63) is 48.0 Å². The van der Waals surface area contributed by atoms with Crippen molar-refractivity contribution in [1.29, 1.82) is 0 Å². The fourth-order valence-corrected chi connectivity index (χ4v) is 2.24. The first-order valence-corrected chi connectivity index (χ1v) is 7.31. The molecule has 0 spiro atoms. The van der Waals surface area contributed by atoms with Crippen LogP contribution in [-0.4, -0.2) is 15.6 Å². The highest BCUT2D eigenvalue weighted by molar-refractivity contribution is 5.33. The van der Waals surface area contributed by atoms with E-state index in [9.17, 15) is 0 Å². The molecule has 0 radical (unpaired) electrons. The van der Waals surface area contributed by atoms with Gasteiger partial charge in [0.2, 0.25) is 0 Å². The van der Waals surface area contributed by atoms with Crippen LogP contribution in [0.15, 0.2) is 36.7 Å². The van der Waals surface area contributed by atoms with E-state index in [0.29, 0.717) is 12.6 Å². The van der Waals surface area contributed by atoms with E-state index in [1.807, 2.05) is 24.5 Å². The SMILES string of the molecule is CCn1ccnc1COc1ccccc1CNC1CC1. The first kappa shape index (κ1) is 13.2. The molecule has 4 nitrogen and oxygen atoms in total. The summed E-state index contributed by atoms with van der Waals surface area (Å²) in [4.78, 5) is 4.34. The molecule has 0 amide bonds. The van der Waals surface area contributed by atoms with Crippen LogP contribution in [0.1, 0.15) is 31.2 Å². The smallest absolute Gasteiger partial charge is 0.146 e. The molecule has 1 aromatic carbocycles. The van der Waals surface area contributed by atoms with Gasteiger partial charge in [-0.3, -0.25) is 0 Å². The number of ether oxygens (including phenoxy) is 1. The Bertz CT molecular complexity index is 560. The van der Waals surface area contributed by atoms with Crippen molar-refractivity contribution < 1.29 is 4.74 Å². The second-order valence-electron chi connectivity index (χ2n) is 5.18. The van der Waals surface area contributed by atoms with Crippen molar-refractivity contribution in [1.82, 2.24) is 14.9 Å². The minimum Gasteiger partial charge on any atom is -0.485 e. The summed E-state index contributed by atoms with van der Waals surface area (Å²) in [5.74, 6) is 1.92. The second kappa shape index (κ2) is 6.09. The third kappa shape index (κ3) is 3.20. The van der Waals surface area contributed by atoms with Crippen LogP contribution in [0.4, 0.5) is 0 Å². The molecule has 20 heavy (non-hydrogen) atoms. The summed E-state index contributed by atoms with van der Waals surface area (Å²) in [6, 6.07) is 8.94. The quantitative estimate of drug-likeness (QED) is 0.841. The topological polar surface area (TPSA) is 39.1 Å². The number of nitrogens with zero attached hydrogens (tertiary/aromatic N) is 2. The van der Waals surface area contributed by atoms with Gasteiger partial charge in [0.25, 0.3) is 0 Å². The summed E-state index contributed by atoms with van der Waals surface area (Å²) in [6.07, 6.45) is 6.41. The van der Waals surface area contributed by atoms with Crippen LogP contribution in [0.5, 0.6) is 5.75 Å². The number of nitrogens with one attached hydrogen (secondary N) is 1. The molecule has 2 aromatic rings. The molecule has 1 aliphatic rings. The van der Waals surface area contributed by atoms with Crippen LogP contribution in [0.25, 0.3) is 0 Å². The normalized spacial score (nSPS) is 14.4. The maximum absolute atomic E-state index is 5.95. The highest BCUT2D eigenvalue weighted by Gasteiger charge is 2.20. The van der Waals surface area contributed by atoms with E-state index in [2.05, 4.69) is 33.9 Å². The number of rotatable bonds is 7. The summed E-state index contributed by atoms with van der Waals surface area (Å²) < 4.78 is 8.06. The second-order valence-corrected chi connectivity index (χ2v) is 5.18. The minimum atomic E-state index is 0.515. The zero-order valence-electron chi connectivity index (χ0n) is 11.9. The Hall–Kier alpha value is -1.81. The van der Waals surface area contributed by atoms with Crippen LogP contribution in [0.3, 0.4) is 0 Å². The number of aromatic nitrogens is 2. The molecule has 0 atom stereocenters. The summed E-state index contributed by atoms with van der Waals surface area (Å²) in [5.41, 5.74) is 1.22. The number of aryl methyl sites for hydroxylation is 1. The Morgan fingerprint density at radius 2 is 2.20 bits per heavy atom. The Balaban J connectivity index is 1.63. The molecule has 3 rings (SSSR count). The number of hydrogen-bond acceptors (Lipinski definition) is 3. The molecule has 1 aliphatic carbocycles. The van der Waals surface area contributed by atoms with E-state index in [1.54, 1.807) is 0 Å². The van der Waals surface area contributed by atoms with E-state index in [4.69, 9.17) is 4.74 Å².